The molecule has 0 aromatic carbocycles. The number of rotatable bonds is 54. The Balaban J connectivity index is 4.24. The van der Waals surface area contributed by atoms with E-state index in [1.807, 2.05) is 6.08 Å². The Kier molecular flexibility index (Phi) is 60.6. The second-order valence-electron chi connectivity index (χ2n) is 19.1. The van der Waals surface area contributed by atoms with Crippen LogP contribution in [-0.4, -0.2) is 49.3 Å². The zero-order valence-corrected chi connectivity index (χ0v) is 52.0. The van der Waals surface area contributed by atoms with Crippen molar-refractivity contribution < 1.29 is 37.6 Å². The minimum absolute atomic E-state index is 0.0239. The van der Waals surface area contributed by atoms with Gasteiger partial charge in [-0.25, -0.2) is 4.57 Å². The van der Waals surface area contributed by atoms with E-state index in [1.165, 1.54) is 0 Å². The highest BCUT2D eigenvalue weighted by atomic mass is 31.2. The van der Waals surface area contributed by atoms with Crippen LogP contribution in [0.4, 0.5) is 0 Å². The molecule has 0 heterocycles. The molecule has 9 nitrogen and oxygen atoms in total. The van der Waals surface area contributed by atoms with Gasteiger partial charge in [0.25, 0.3) is 0 Å². The van der Waals surface area contributed by atoms with Crippen LogP contribution in [0.5, 0.6) is 0 Å². The predicted octanol–water partition coefficient (Wildman–Crippen LogP) is 20.3. The summed E-state index contributed by atoms with van der Waals surface area (Å²) in [6, 6.07) is 0. The Bertz CT molecular complexity index is 2200. The van der Waals surface area contributed by atoms with Crippen LogP contribution in [0.25, 0.3) is 0 Å². The van der Waals surface area contributed by atoms with Crippen LogP contribution in [0, 0.1) is 0 Å². The molecule has 0 aliphatic rings. The predicted molar refractivity (Wildman–Crippen MR) is 357 cm³/mol. The van der Waals surface area contributed by atoms with Gasteiger partial charge >= 0.3 is 19.8 Å². The summed E-state index contributed by atoms with van der Waals surface area (Å²) in [5, 5.41) is 0. The molecule has 0 saturated heterocycles. The van der Waals surface area contributed by atoms with E-state index in [4.69, 9.17) is 24.3 Å². The number of carbonyl (C=O) groups excluding carboxylic acids is 2. The standard InChI is InChI=1S/C73H108NO8P/c1-3-5-7-9-11-13-15-17-19-21-23-25-27-29-31-33-34-35-36-38-40-42-44-46-48-50-52-54-56-58-60-62-64-66-73(76)82-71(70-81-83(77,78)80-68-67-74)69-79-72(75)65-63-61-59-57-55-53-51-49-47-45-43-41-39-37-32-30-28-26-24-22-20-18-16-14-12-10-8-6-4-2/h5-8,11-14,17-20,23-26,29-32,34-35,38-41,44-47,50-53,56-59,71H,3-4,9-10,15-16,21-22,27-28,33,36-37,42-43,48-49,54-55,60-70,74H2,1-2H3,(H,77,78)/b7-5-,8-6-,13-11-,14-12-,19-17-,20-18-,25-23-,26-24-,31-29-,32-30-,35-34-,40-38-,41-39-,46-44-,47-45-,52-50-,53-51-,58-56-,59-57-. The fourth-order valence-electron chi connectivity index (χ4n) is 7.07. The van der Waals surface area contributed by atoms with Gasteiger partial charge in [0.15, 0.2) is 6.10 Å². The first kappa shape index (κ1) is 77.1. The number of hydrogen-bond donors (Lipinski definition) is 2. The van der Waals surface area contributed by atoms with Crippen molar-refractivity contribution in [1.82, 2.24) is 0 Å². The van der Waals surface area contributed by atoms with Crippen LogP contribution in [0.2, 0.25) is 0 Å². The Morgan fingerprint density at radius 2 is 0.627 bits per heavy atom. The van der Waals surface area contributed by atoms with Crippen molar-refractivity contribution in [3.05, 3.63) is 231 Å². The van der Waals surface area contributed by atoms with Crippen molar-refractivity contribution in [3.63, 3.8) is 0 Å². The molecule has 0 saturated carbocycles. The molecule has 0 aromatic rings. The van der Waals surface area contributed by atoms with Gasteiger partial charge in [-0.2, -0.15) is 0 Å². The van der Waals surface area contributed by atoms with Gasteiger partial charge < -0.3 is 20.1 Å². The lowest BCUT2D eigenvalue weighted by atomic mass is 10.2. The molecule has 0 radical (unpaired) electrons. The average Bonchev–Trinajstić information content (AvgIpc) is 3.49. The molecular weight excluding hydrogens is 1050 g/mol. The fourth-order valence-corrected chi connectivity index (χ4v) is 7.84. The third-order valence-corrected chi connectivity index (χ3v) is 12.5. The molecular formula is C73H108NO8P. The molecule has 2 atom stereocenters. The average molecular weight is 1160 g/mol. The van der Waals surface area contributed by atoms with Crippen LogP contribution in [-0.2, 0) is 32.7 Å². The van der Waals surface area contributed by atoms with E-state index in [9.17, 15) is 19.0 Å². The molecule has 0 spiro atoms. The molecule has 0 aliphatic heterocycles. The smallest absolute Gasteiger partial charge is 0.462 e. The summed E-state index contributed by atoms with van der Waals surface area (Å²) in [6.07, 6.45) is 104. The van der Waals surface area contributed by atoms with E-state index in [1.54, 1.807) is 0 Å². The lowest BCUT2D eigenvalue weighted by Gasteiger charge is -2.19. The number of nitrogens with two attached hydrogens (primary N) is 1. The van der Waals surface area contributed by atoms with E-state index >= 15 is 0 Å². The summed E-state index contributed by atoms with van der Waals surface area (Å²) >= 11 is 0. The first-order chi connectivity index (χ1) is 40.8. The Morgan fingerprint density at radius 1 is 0.361 bits per heavy atom. The molecule has 458 valence electrons. The summed E-state index contributed by atoms with van der Waals surface area (Å²) < 4.78 is 32.9. The SMILES string of the molecule is CC/C=C\C/C=C\C/C=C\C/C=C\C/C=C\C/C=C\C/C=C\C/C=C\C/C=C\C/C=C\CCCCC(=O)OC(COC(=O)CCC/C=C\C/C=C\C/C=C\C/C=C\C/C=C\C/C=C\C/C=C\C/C=C\C/C=C\CC)COP(=O)(O)OCCN. The van der Waals surface area contributed by atoms with Crippen molar-refractivity contribution in [1.29, 1.82) is 0 Å². The summed E-state index contributed by atoms with van der Waals surface area (Å²) in [5.41, 5.74) is 5.38. The zero-order valence-electron chi connectivity index (χ0n) is 51.1. The summed E-state index contributed by atoms with van der Waals surface area (Å²) in [5.74, 6) is -0.974. The number of phosphoric acid groups is 1. The first-order valence-corrected chi connectivity index (χ1v) is 32.4. The van der Waals surface area contributed by atoms with Gasteiger partial charge in [0.2, 0.25) is 0 Å². The minimum Gasteiger partial charge on any atom is -0.462 e. The topological polar surface area (TPSA) is 134 Å². The van der Waals surface area contributed by atoms with Gasteiger partial charge in [-0.05, 0) is 154 Å². The van der Waals surface area contributed by atoms with E-state index < -0.39 is 32.5 Å². The number of esters is 2. The van der Waals surface area contributed by atoms with Gasteiger partial charge in [0.1, 0.15) is 6.61 Å². The molecule has 10 heteroatoms. The number of carbonyl (C=O) groups is 2. The highest BCUT2D eigenvalue weighted by Gasteiger charge is 2.26. The molecule has 0 rings (SSSR count). The third kappa shape index (κ3) is 65.1. The molecule has 0 fully saturated rings. The number of unbranched alkanes of at least 4 members (excludes halogenated alkanes) is 3. The second-order valence-corrected chi connectivity index (χ2v) is 20.6. The van der Waals surface area contributed by atoms with Crippen LogP contribution < -0.4 is 5.73 Å². The molecule has 0 bridgehead atoms. The molecule has 83 heavy (non-hydrogen) atoms. The van der Waals surface area contributed by atoms with Gasteiger partial charge in [-0.15, -0.1) is 0 Å². The summed E-state index contributed by atoms with van der Waals surface area (Å²) in [4.78, 5) is 35.2. The highest BCUT2D eigenvalue weighted by Crippen LogP contribution is 2.43. The first-order valence-electron chi connectivity index (χ1n) is 30.9. The Labute approximate surface area is 504 Å². The molecule has 0 amide bonds. The van der Waals surface area contributed by atoms with Gasteiger partial charge in [-0.1, -0.05) is 245 Å². The second kappa shape index (κ2) is 65.2. The maximum Gasteiger partial charge on any atom is 0.472 e. The lowest BCUT2D eigenvalue weighted by Crippen LogP contribution is -2.29. The van der Waals surface area contributed by atoms with Crippen LogP contribution in [0.15, 0.2) is 231 Å². The van der Waals surface area contributed by atoms with Crippen molar-refractivity contribution in [3.8, 4) is 0 Å². The summed E-state index contributed by atoms with van der Waals surface area (Å²) in [7, 11) is -4.44. The van der Waals surface area contributed by atoms with Gasteiger partial charge in [0.05, 0.1) is 13.2 Å². The molecule has 3 N–H and O–H groups in total. The molecule has 0 aliphatic carbocycles. The number of phosphoric ester groups is 1. The monoisotopic (exact) mass is 1160 g/mol. The van der Waals surface area contributed by atoms with E-state index in [0.717, 1.165) is 135 Å². The van der Waals surface area contributed by atoms with Crippen molar-refractivity contribution in [2.45, 2.75) is 187 Å². The minimum atomic E-state index is -4.44. The number of hydrogen-bond acceptors (Lipinski definition) is 8. The lowest BCUT2D eigenvalue weighted by molar-refractivity contribution is -0.161. The zero-order chi connectivity index (χ0) is 60.1. The quantitative estimate of drug-likeness (QED) is 0.0264. The van der Waals surface area contributed by atoms with Crippen molar-refractivity contribution in [2.24, 2.45) is 5.73 Å². The molecule has 0 aromatic heterocycles. The van der Waals surface area contributed by atoms with Crippen molar-refractivity contribution in [2.75, 3.05) is 26.4 Å². The summed E-state index contributed by atoms with van der Waals surface area (Å²) in [6.45, 7) is 3.35. The Morgan fingerprint density at radius 3 is 0.916 bits per heavy atom. The largest absolute Gasteiger partial charge is 0.472 e. The number of ether oxygens (including phenoxy) is 2. The van der Waals surface area contributed by atoms with Crippen LogP contribution in [0.1, 0.15) is 181 Å². The third-order valence-electron chi connectivity index (χ3n) is 11.5. The maximum atomic E-state index is 12.7. The number of allylic oxidation sites excluding steroid dienone is 38. The molecule has 2 unspecified atom stereocenters. The highest BCUT2D eigenvalue weighted by molar-refractivity contribution is 7.47. The fraction of sp³-hybridized carbons (Fsp3) is 0.452. The van der Waals surface area contributed by atoms with Crippen LogP contribution >= 0.6 is 7.82 Å². The van der Waals surface area contributed by atoms with Gasteiger partial charge in [-0.3, -0.25) is 18.6 Å². The van der Waals surface area contributed by atoms with Crippen LogP contribution in [0.3, 0.4) is 0 Å². The maximum absolute atomic E-state index is 12.7. The van der Waals surface area contributed by atoms with Crippen molar-refractivity contribution >= 4 is 19.8 Å². The normalized spacial score (nSPS) is 14.6. The van der Waals surface area contributed by atoms with Gasteiger partial charge in [0, 0.05) is 19.4 Å². The van der Waals surface area contributed by atoms with E-state index in [-0.39, 0.29) is 32.6 Å². The van der Waals surface area contributed by atoms with E-state index in [2.05, 4.69) is 239 Å². The van der Waals surface area contributed by atoms with E-state index in [0.29, 0.717) is 19.3 Å². The Hall–Kier alpha value is -5.93.